The average Bonchev–Trinajstić information content (AvgIpc) is 3.54. The summed E-state index contributed by atoms with van der Waals surface area (Å²) < 4.78 is 17.3. The van der Waals surface area contributed by atoms with Crippen molar-refractivity contribution < 1.29 is 14.2 Å². The topological polar surface area (TPSA) is 55.3 Å². The molecule has 1 saturated carbocycles. The summed E-state index contributed by atoms with van der Waals surface area (Å²) in [5.41, 5.74) is 1.80. The van der Waals surface area contributed by atoms with Crippen molar-refractivity contribution in [2.45, 2.75) is 50.9 Å². The third-order valence-corrected chi connectivity index (χ3v) is 7.50. The Balaban J connectivity index is 1.37. The monoisotopic (exact) mass is 413 g/mol. The van der Waals surface area contributed by atoms with E-state index in [2.05, 4.69) is 35.3 Å². The number of hydrogen-bond acceptors (Lipinski definition) is 4. The van der Waals surface area contributed by atoms with Crippen LogP contribution < -0.4 is 14.8 Å². The highest BCUT2D eigenvalue weighted by Gasteiger charge is 2.42. The van der Waals surface area contributed by atoms with Gasteiger partial charge < -0.3 is 24.4 Å². The van der Waals surface area contributed by atoms with Gasteiger partial charge in [0.15, 0.2) is 17.5 Å². The predicted molar refractivity (Wildman–Crippen MR) is 118 cm³/mol. The van der Waals surface area contributed by atoms with Crippen LogP contribution in [0.1, 0.15) is 51.0 Å². The maximum atomic E-state index is 5.87. The molecule has 1 aromatic rings. The van der Waals surface area contributed by atoms with Crippen LogP contribution in [-0.2, 0) is 10.2 Å². The fraction of sp³-hybridized carbons (Fsp3) is 0.708. The molecular weight excluding hydrogens is 378 g/mol. The first-order valence-electron chi connectivity index (χ1n) is 11.7. The minimum absolute atomic E-state index is 0.102. The molecule has 1 aliphatic carbocycles. The van der Waals surface area contributed by atoms with Gasteiger partial charge in [0.05, 0.1) is 13.2 Å². The Bertz CT molecular complexity index is 782. The molecule has 1 aromatic carbocycles. The first-order valence-corrected chi connectivity index (χ1v) is 11.7. The van der Waals surface area contributed by atoms with Gasteiger partial charge in [0, 0.05) is 37.1 Å². The lowest BCUT2D eigenvalue weighted by atomic mass is 9.79. The molecule has 30 heavy (non-hydrogen) atoms. The molecule has 5 rings (SSSR count). The Morgan fingerprint density at radius 1 is 1.07 bits per heavy atom. The summed E-state index contributed by atoms with van der Waals surface area (Å²) in [5, 5.41) is 3.56. The zero-order valence-electron chi connectivity index (χ0n) is 18.3. The Labute approximate surface area is 180 Å². The van der Waals surface area contributed by atoms with E-state index in [1.165, 1.54) is 44.1 Å². The maximum absolute atomic E-state index is 5.87. The lowest BCUT2D eigenvalue weighted by Crippen LogP contribution is -2.42. The first kappa shape index (κ1) is 20.0. The number of nitrogens with one attached hydrogen (secondary N) is 1. The zero-order valence-corrected chi connectivity index (χ0v) is 18.3. The van der Waals surface area contributed by atoms with Crippen LogP contribution >= 0.6 is 0 Å². The van der Waals surface area contributed by atoms with Gasteiger partial charge >= 0.3 is 0 Å². The van der Waals surface area contributed by atoms with E-state index >= 15 is 0 Å². The van der Waals surface area contributed by atoms with Gasteiger partial charge in [-0.15, -0.1) is 0 Å². The molecule has 1 unspecified atom stereocenters. The fourth-order valence-electron chi connectivity index (χ4n) is 5.70. The molecule has 164 valence electrons. The Kier molecular flexibility index (Phi) is 5.52. The maximum Gasteiger partial charge on any atom is 0.193 e. The summed E-state index contributed by atoms with van der Waals surface area (Å²) in [6, 6.07) is 6.54. The molecule has 1 spiro atoms. The van der Waals surface area contributed by atoms with E-state index in [4.69, 9.17) is 19.2 Å². The minimum atomic E-state index is 0.102. The van der Waals surface area contributed by atoms with E-state index in [0.29, 0.717) is 18.6 Å². The van der Waals surface area contributed by atoms with Crippen LogP contribution in [0.25, 0.3) is 0 Å². The second-order valence-electron chi connectivity index (χ2n) is 9.49. The van der Waals surface area contributed by atoms with E-state index in [-0.39, 0.29) is 5.41 Å². The lowest BCUT2D eigenvalue weighted by Gasteiger charge is -2.31. The molecule has 1 atom stereocenters. The van der Waals surface area contributed by atoms with Gasteiger partial charge in [0.25, 0.3) is 0 Å². The van der Waals surface area contributed by atoms with Gasteiger partial charge in [-0.05, 0) is 50.3 Å². The smallest absolute Gasteiger partial charge is 0.193 e. The zero-order chi connectivity index (χ0) is 20.4. The molecule has 0 amide bonds. The van der Waals surface area contributed by atoms with E-state index in [1.54, 1.807) is 0 Å². The van der Waals surface area contributed by atoms with E-state index < -0.39 is 0 Å². The molecule has 6 nitrogen and oxygen atoms in total. The minimum Gasteiger partial charge on any atom is -0.486 e. The van der Waals surface area contributed by atoms with E-state index in [9.17, 15) is 0 Å². The highest BCUT2D eigenvalue weighted by Crippen LogP contribution is 2.44. The SMILES string of the molecule is CCNC(=NCC1(c2ccc3c(c2)OCCO3)CCCC1)N1CCC2(CCOC2)C1. The standard InChI is InChI=1S/C24H35N3O3/c1-2-25-22(27-11-9-23(17-27)10-12-28-18-23)26-16-24(7-3-4-8-24)19-5-6-20-21(15-19)30-14-13-29-20/h5-6,15H,2-4,7-14,16-18H2,1H3,(H,25,26). The third kappa shape index (κ3) is 3.75. The highest BCUT2D eigenvalue weighted by molar-refractivity contribution is 5.80. The third-order valence-electron chi connectivity index (χ3n) is 7.50. The van der Waals surface area contributed by atoms with Gasteiger partial charge in [-0.1, -0.05) is 18.9 Å². The summed E-state index contributed by atoms with van der Waals surface area (Å²) in [7, 11) is 0. The number of likely N-dealkylation sites (tertiary alicyclic amines) is 1. The van der Waals surface area contributed by atoms with Crippen LogP contribution in [0.5, 0.6) is 11.5 Å². The van der Waals surface area contributed by atoms with Crippen molar-refractivity contribution in [3.63, 3.8) is 0 Å². The normalized spacial score (nSPS) is 27.8. The van der Waals surface area contributed by atoms with Crippen molar-refractivity contribution in [3.05, 3.63) is 23.8 Å². The first-order chi connectivity index (χ1) is 14.7. The van der Waals surface area contributed by atoms with Crippen molar-refractivity contribution in [1.29, 1.82) is 0 Å². The van der Waals surface area contributed by atoms with E-state index in [0.717, 1.165) is 56.9 Å². The van der Waals surface area contributed by atoms with Crippen LogP contribution in [0.4, 0.5) is 0 Å². The number of aliphatic imine (C=N–C) groups is 1. The summed E-state index contributed by atoms with van der Waals surface area (Å²) in [5.74, 6) is 2.84. The average molecular weight is 414 g/mol. The van der Waals surface area contributed by atoms with Gasteiger partial charge in [0.1, 0.15) is 13.2 Å². The molecular formula is C24H35N3O3. The van der Waals surface area contributed by atoms with Crippen LogP contribution in [0.3, 0.4) is 0 Å². The number of nitrogens with zero attached hydrogens (tertiary/aromatic N) is 2. The van der Waals surface area contributed by atoms with Crippen molar-refractivity contribution in [1.82, 2.24) is 10.2 Å². The predicted octanol–water partition coefficient (Wildman–Crippen LogP) is 3.35. The number of ether oxygens (including phenoxy) is 3. The number of benzene rings is 1. The fourth-order valence-corrected chi connectivity index (χ4v) is 5.70. The largest absolute Gasteiger partial charge is 0.486 e. The molecule has 0 aromatic heterocycles. The van der Waals surface area contributed by atoms with Crippen molar-refractivity contribution in [2.75, 3.05) is 52.6 Å². The van der Waals surface area contributed by atoms with Crippen LogP contribution in [0.15, 0.2) is 23.2 Å². The number of guanidine groups is 1. The number of rotatable bonds is 4. The van der Waals surface area contributed by atoms with Gasteiger partial charge in [-0.2, -0.15) is 0 Å². The quantitative estimate of drug-likeness (QED) is 0.606. The summed E-state index contributed by atoms with van der Waals surface area (Å²) in [6.45, 7) is 9.11. The second kappa shape index (κ2) is 8.29. The van der Waals surface area contributed by atoms with Crippen LogP contribution in [0, 0.1) is 5.41 Å². The van der Waals surface area contributed by atoms with Gasteiger partial charge in [-0.3, -0.25) is 4.99 Å². The molecule has 1 N–H and O–H groups in total. The summed E-state index contributed by atoms with van der Waals surface area (Å²) in [4.78, 5) is 7.67. The van der Waals surface area contributed by atoms with E-state index in [1.807, 2.05) is 0 Å². The number of fused-ring (bicyclic) bond motifs is 1. The molecule has 0 bridgehead atoms. The van der Waals surface area contributed by atoms with Crippen molar-refractivity contribution in [2.24, 2.45) is 10.4 Å². The molecule has 3 fully saturated rings. The molecule has 6 heteroatoms. The summed E-state index contributed by atoms with van der Waals surface area (Å²) >= 11 is 0. The molecule has 3 aliphatic heterocycles. The molecule has 2 saturated heterocycles. The number of hydrogen-bond donors (Lipinski definition) is 1. The van der Waals surface area contributed by atoms with Gasteiger partial charge in [-0.25, -0.2) is 0 Å². The van der Waals surface area contributed by atoms with Crippen LogP contribution in [0.2, 0.25) is 0 Å². The van der Waals surface area contributed by atoms with Crippen molar-refractivity contribution >= 4 is 5.96 Å². The molecule has 4 aliphatic rings. The second-order valence-corrected chi connectivity index (χ2v) is 9.49. The Morgan fingerprint density at radius 2 is 1.90 bits per heavy atom. The lowest BCUT2D eigenvalue weighted by molar-refractivity contribution is 0.156. The van der Waals surface area contributed by atoms with Gasteiger partial charge in [0.2, 0.25) is 0 Å². The summed E-state index contributed by atoms with van der Waals surface area (Å²) in [6.07, 6.45) is 7.31. The highest BCUT2D eigenvalue weighted by atomic mass is 16.6. The molecule has 3 heterocycles. The van der Waals surface area contributed by atoms with Crippen LogP contribution in [-0.4, -0.2) is 63.5 Å². The Hall–Kier alpha value is -1.95. The Morgan fingerprint density at radius 3 is 2.67 bits per heavy atom. The van der Waals surface area contributed by atoms with Crippen molar-refractivity contribution in [3.8, 4) is 11.5 Å². The molecule has 0 radical (unpaired) electrons.